The number of aryl methyl sites for hydroxylation is 1. The third-order valence-electron chi connectivity index (χ3n) is 3.79. The van der Waals surface area contributed by atoms with Crippen LogP contribution in [0.4, 0.5) is 10.1 Å². The number of halogens is 1. The lowest BCUT2D eigenvalue weighted by atomic mass is 10.3. The van der Waals surface area contributed by atoms with Crippen molar-refractivity contribution in [3.8, 4) is 22.1 Å². The number of aromatic nitrogens is 3. The highest BCUT2D eigenvalue weighted by Crippen LogP contribution is 2.39. The summed E-state index contributed by atoms with van der Waals surface area (Å²) < 4.78 is 22.4. The molecule has 9 heteroatoms. The van der Waals surface area contributed by atoms with Gasteiger partial charge in [0.25, 0.3) is 5.69 Å². The summed E-state index contributed by atoms with van der Waals surface area (Å²) in [4.78, 5) is 19.4. The minimum atomic E-state index is -0.799. The molecule has 0 saturated carbocycles. The lowest BCUT2D eigenvalue weighted by molar-refractivity contribution is -0.385. The number of nitro benzene ring substituents is 1. The Bertz CT molecular complexity index is 1140. The molecule has 0 atom stereocenters. The highest BCUT2D eigenvalue weighted by molar-refractivity contribution is 7.22. The summed E-state index contributed by atoms with van der Waals surface area (Å²) in [7, 11) is 1.89. The molecule has 0 aliphatic carbocycles. The summed E-state index contributed by atoms with van der Waals surface area (Å²) in [6.45, 7) is 0. The summed E-state index contributed by atoms with van der Waals surface area (Å²) in [6, 6.07) is 6.83. The summed E-state index contributed by atoms with van der Waals surface area (Å²) in [5, 5.41) is 10.7. The summed E-state index contributed by atoms with van der Waals surface area (Å²) >= 11 is 1.45. The van der Waals surface area contributed by atoms with Crippen LogP contribution in [0.25, 0.3) is 20.8 Å². The molecule has 1 aromatic carbocycles. The monoisotopic (exact) mass is 370 g/mol. The van der Waals surface area contributed by atoms with E-state index in [2.05, 4.69) is 9.97 Å². The smallest absolute Gasteiger partial charge is 0.272 e. The Balaban J connectivity index is 1.74. The first-order valence-electron chi connectivity index (χ1n) is 7.50. The van der Waals surface area contributed by atoms with Crippen molar-refractivity contribution in [1.29, 1.82) is 0 Å². The van der Waals surface area contributed by atoms with Crippen molar-refractivity contribution in [2.75, 3.05) is 0 Å². The lowest BCUT2D eigenvalue weighted by Gasteiger charge is -2.07. The van der Waals surface area contributed by atoms with Crippen molar-refractivity contribution in [1.82, 2.24) is 14.5 Å². The molecule has 0 saturated heterocycles. The predicted octanol–water partition coefficient (Wildman–Crippen LogP) is 4.54. The number of rotatable bonds is 4. The van der Waals surface area contributed by atoms with E-state index in [-0.39, 0.29) is 11.4 Å². The molecule has 0 aliphatic heterocycles. The summed E-state index contributed by atoms with van der Waals surface area (Å²) in [5.74, 6) is -0.452. The van der Waals surface area contributed by atoms with E-state index in [1.54, 1.807) is 24.8 Å². The number of thiophene rings is 1. The van der Waals surface area contributed by atoms with Crippen LogP contribution in [0.5, 0.6) is 11.5 Å². The maximum Gasteiger partial charge on any atom is 0.272 e. The molecule has 0 unspecified atom stereocenters. The molecule has 130 valence electrons. The SMILES string of the molecule is Cn1cncc1-c1cc2nccc(Oc3ccc([N+](=O)[O-])cc3F)c2s1. The van der Waals surface area contributed by atoms with Crippen molar-refractivity contribution < 1.29 is 14.1 Å². The second-order valence-corrected chi connectivity index (χ2v) is 6.55. The highest BCUT2D eigenvalue weighted by atomic mass is 32.1. The quantitative estimate of drug-likeness (QED) is 0.389. The standard InChI is InChI=1S/C17H11FN4O3S/c1-21-9-19-8-13(21)16-7-12-17(26-16)15(4-5-20-12)25-14-3-2-10(22(23)24)6-11(14)18/h2-9H,1H3. The molecule has 4 rings (SSSR count). The molecule has 3 aromatic heterocycles. The number of imidazole rings is 1. The minimum Gasteiger partial charge on any atom is -0.453 e. The van der Waals surface area contributed by atoms with Gasteiger partial charge in [-0.2, -0.15) is 0 Å². The Labute approximate surface area is 150 Å². The maximum atomic E-state index is 14.1. The molecule has 4 aromatic rings. The third kappa shape index (κ3) is 2.78. The predicted molar refractivity (Wildman–Crippen MR) is 95.0 cm³/mol. The van der Waals surface area contributed by atoms with Crippen molar-refractivity contribution in [2.24, 2.45) is 7.05 Å². The fourth-order valence-electron chi connectivity index (χ4n) is 2.52. The topological polar surface area (TPSA) is 83.1 Å². The van der Waals surface area contributed by atoms with E-state index >= 15 is 0 Å². The summed E-state index contributed by atoms with van der Waals surface area (Å²) in [5.41, 5.74) is 1.32. The normalized spacial score (nSPS) is 11.0. The van der Waals surface area contributed by atoms with Crippen molar-refractivity contribution in [3.05, 3.63) is 65.0 Å². The van der Waals surface area contributed by atoms with E-state index in [0.717, 1.165) is 21.3 Å². The van der Waals surface area contributed by atoms with Gasteiger partial charge in [-0.25, -0.2) is 9.37 Å². The van der Waals surface area contributed by atoms with E-state index < -0.39 is 10.7 Å². The number of ether oxygens (including phenoxy) is 1. The summed E-state index contributed by atoms with van der Waals surface area (Å²) in [6.07, 6.45) is 5.03. The molecule has 0 radical (unpaired) electrons. The van der Waals surface area contributed by atoms with Crippen LogP contribution in [0, 0.1) is 15.9 Å². The molecule has 26 heavy (non-hydrogen) atoms. The molecule has 0 amide bonds. The number of nitrogens with zero attached hydrogens (tertiary/aromatic N) is 4. The van der Waals surface area contributed by atoms with Gasteiger partial charge in [0.2, 0.25) is 0 Å². The zero-order valence-corrected chi connectivity index (χ0v) is 14.2. The third-order valence-corrected chi connectivity index (χ3v) is 4.95. The van der Waals surface area contributed by atoms with E-state index in [1.807, 2.05) is 17.7 Å². The van der Waals surface area contributed by atoms with Gasteiger partial charge >= 0.3 is 0 Å². The van der Waals surface area contributed by atoms with Crippen LogP contribution in [0.2, 0.25) is 0 Å². The second-order valence-electron chi connectivity index (χ2n) is 5.50. The van der Waals surface area contributed by atoms with E-state index in [1.165, 1.54) is 23.5 Å². The van der Waals surface area contributed by atoms with Crippen LogP contribution in [0.3, 0.4) is 0 Å². The molecular formula is C17H11FN4O3S. The molecule has 0 N–H and O–H groups in total. The van der Waals surface area contributed by atoms with Crippen LogP contribution < -0.4 is 4.74 Å². The van der Waals surface area contributed by atoms with E-state index in [4.69, 9.17) is 4.74 Å². The van der Waals surface area contributed by atoms with Gasteiger partial charge in [-0.1, -0.05) is 0 Å². The van der Waals surface area contributed by atoms with Crippen LogP contribution in [-0.2, 0) is 7.05 Å². The van der Waals surface area contributed by atoms with Gasteiger partial charge in [0.1, 0.15) is 5.75 Å². The van der Waals surface area contributed by atoms with E-state index in [0.29, 0.717) is 11.3 Å². The lowest BCUT2D eigenvalue weighted by Crippen LogP contribution is -1.92. The van der Waals surface area contributed by atoms with Crippen LogP contribution >= 0.6 is 11.3 Å². The Morgan fingerprint density at radius 1 is 1.27 bits per heavy atom. The first-order valence-corrected chi connectivity index (χ1v) is 8.31. The van der Waals surface area contributed by atoms with Crippen molar-refractivity contribution in [3.63, 3.8) is 0 Å². The molecule has 3 heterocycles. The number of nitro groups is 1. The van der Waals surface area contributed by atoms with Gasteiger partial charge in [0.05, 0.1) is 44.3 Å². The Morgan fingerprint density at radius 3 is 2.81 bits per heavy atom. The number of non-ortho nitro benzene ring substituents is 1. The first kappa shape index (κ1) is 16.2. The largest absolute Gasteiger partial charge is 0.453 e. The molecule has 0 spiro atoms. The zero-order chi connectivity index (χ0) is 18.3. The average Bonchev–Trinajstić information content (AvgIpc) is 3.22. The van der Waals surface area contributed by atoms with Crippen molar-refractivity contribution >= 4 is 27.2 Å². The fraction of sp³-hybridized carbons (Fsp3) is 0.0588. The molecule has 0 aliphatic rings. The van der Waals surface area contributed by atoms with Crippen LogP contribution in [0.1, 0.15) is 0 Å². The van der Waals surface area contributed by atoms with Gasteiger partial charge in [-0.05, 0) is 12.1 Å². The number of pyridine rings is 1. The number of fused-ring (bicyclic) bond motifs is 1. The van der Waals surface area contributed by atoms with E-state index in [9.17, 15) is 14.5 Å². The number of hydrogen-bond donors (Lipinski definition) is 0. The Morgan fingerprint density at radius 2 is 2.12 bits per heavy atom. The van der Waals surface area contributed by atoms with Crippen molar-refractivity contribution in [2.45, 2.75) is 0 Å². The number of hydrogen-bond acceptors (Lipinski definition) is 6. The second kappa shape index (κ2) is 6.19. The average molecular weight is 370 g/mol. The molecular weight excluding hydrogens is 359 g/mol. The highest BCUT2D eigenvalue weighted by Gasteiger charge is 2.16. The molecule has 0 bridgehead atoms. The van der Waals surface area contributed by atoms with Crippen LogP contribution in [0.15, 0.2) is 49.1 Å². The molecule has 0 fully saturated rings. The van der Waals surface area contributed by atoms with Gasteiger partial charge in [-0.3, -0.25) is 15.1 Å². The first-order chi connectivity index (χ1) is 12.5. The Kier molecular flexibility index (Phi) is 3.85. The maximum absolute atomic E-state index is 14.1. The van der Waals surface area contributed by atoms with Gasteiger partial charge < -0.3 is 9.30 Å². The number of benzene rings is 1. The molecule has 7 nitrogen and oxygen atoms in total. The van der Waals surface area contributed by atoms with Gasteiger partial charge in [-0.15, -0.1) is 11.3 Å². The van der Waals surface area contributed by atoms with Gasteiger partial charge in [0.15, 0.2) is 11.6 Å². The van der Waals surface area contributed by atoms with Gasteiger partial charge in [0, 0.05) is 25.4 Å². The fourth-order valence-corrected chi connectivity index (χ4v) is 3.64. The Hall–Kier alpha value is -3.33. The zero-order valence-electron chi connectivity index (χ0n) is 13.4. The van der Waals surface area contributed by atoms with Crippen LogP contribution in [-0.4, -0.2) is 19.5 Å². The minimum absolute atomic E-state index is 0.0846.